The third kappa shape index (κ3) is 3.35. The van der Waals surface area contributed by atoms with Gasteiger partial charge in [-0.3, -0.25) is 4.79 Å². The summed E-state index contributed by atoms with van der Waals surface area (Å²) in [6.45, 7) is 3.89. The molecular formula is C23H24N2O. The minimum absolute atomic E-state index is 0.0166. The molecule has 3 aromatic rings. The normalized spacial score (nSPS) is 16.7. The molecule has 2 unspecified atom stereocenters. The Hall–Kier alpha value is -2.65. The molecule has 1 aliphatic heterocycles. The fourth-order valence-electron chi connectivity index (χ4n) is 3.54. The Bertz CT molecular complexity index is 902. The molecule has 3 heteroatoms. The highest BCUT2D eigenvalue weighted by atomic mass is 16.1. The highest BCUT2D eigenvalue weighted by molar-refractivity contribution is 5.84. The van der Waals surface area contributed by atoms with Crippen LogP contribution >= 0.6 is 0 Å². The fourth-order valence-corrected chi connectivity index (χ4v) is 3.54. The van der Waals surface area contributed by atoms with Crippen LogP contribution in [0.25, 0.3) is 10.8 Å². The summed E-state index contributed by atoms with van der Waals surface area (Å²) in [6.07, 6.45) is 0. The van der Waals surface area contributed by atoms with Crippen LogP contribution in [0.4, 0.5) is 0 Å². The molecule has 1 aliphatic rings. The van der Waals surface area contributed by atoms with Gasteiger partial charge in [0.15, 0.2) is 0 Å². The Morgan fingerprint density at radius 1 is 0.923 bits per heavy atom. The second-order valence-corrected chi connectivity index (χ2v) is 7.17. The number of fused-ring (bicyclic) bond motifs is 1. The molecule has 0 saturated carbocycles. The van der Waals surface area contributed by atoms with E-state index >= 15 is 0 Å². The summed E-state index contributed by atoms with van der Waals surface area (Å²) in [6, 6.07) is 24.8. The van der Waals surface area contributed by atoms with Crippen LogP contribution in [0.5, 0.6) is 0 Å². The number of rotatable bonds is 5. The maximum atomic E-state index is 12.9. The van der Waals surface area contributed by atoms with E-state index in [-0.39, 0.29) is 17.9 Å². The molecule has 0 radical (unpaired) electrons. The first-order valence-electron chi connectivity index (χ1n) is 9.27. The summed E-state index contributed by atoms with van der Waals surface area (Å²) in [4.78, 5) is 12.9. The molecule has 2 atom stereocenters. The molecule has 3 nitrogen and oxygen atoms in total. The lowest BCUT2D eigenvalue weighted by molar-refractivity contribution is -0.127. The smallest absolute Gasteiger partial charge is 0.223 e. The van der Waals surface area contributed by atoms with Gasteiger partial charge in [0.25, 0.3) is 0 Å². The van der Waals surface area contributed by atoms with Gasteiger partial charge in [0.2, 0.25) is 5.91 Å². The molecule has 0 spiro atoms. The van der Waals surface area contributed by atoms with Crippen molar-refractivity contribution in [3.05, 3.63) is 83.9 Å². The average Bonchev–Trinajstić information content (AvgIpc) is 2.65. The van der Waals surface area contributed by atoms with Crippen molar-refractivity contribution in [1.29, 1.82) is 0 Å². The molecule has 2 N–H and O–H groups in total. The van der Waals surface area contributed by atoms with Crippen molar-refractivity contribution in [3.8, 4) is 0 Å². The van der Waals surface area contributed by atoms with E-state index in [9.17, 15) is 4.79 Å². The SMILES string of the molecule is CC(C(=O)NC(c1ccccc1)c1ccc2ccccc2c1)C1CNC1. The van der Waals surface area contributed by atoms with Gasteiger partial charge in [-0.2, -0.15) is 0 Å². The van der Waals surface area contributed by atoms with Crippen molar-refractivity contribution >= 4 is 16.7 Å². The topological polar surface area (TPSA) is 41.1 Å². The summed E-state index contributed by atoms with van der Waals surface area (Å²) in [7, 11) is 0. The maximum Gasteiger partial charge on any atom is 0.223 e. The van der Waals surface area contributed by atoms with Crippen molar-refractivity contribution in [1.82, 2.24) is 10.6 Å². The predicted molar refractivity (Wildman–Crippen MR) is 106 cm³/mol. The van der Waals surface area contributed by atoms with Crippen molar-refractivity contribution in [2.45, 2.75) is 13.0 Å². The standard InChI is InChI=1S/C23H24N2O/c1-16(21-14-24-15-21)23(26)25-22(18-8-3-2-4-9-18)20-12-11-17-7-5-6-10-19(17)13-20/h2-13,16,21-22,24H,14-15H2,1H3,(H,25,26). The van der Waals surface area contributed by atoms with Crippen LogP contribution in [0.1, 0.15) is 24.1 Å². The minimum atomic E-state index is -0.135. The summed E-state index contributed by atoms with van der Waals surface area (Å²) in [5.74, 6) is 0.574. The Kier molecular flexibility index (Phi) is 4.72. The number of hydrogen-bond donors (Lipinski definition) is 2. The van der Waals surface area contributed by atoms with Gasteiger partial charge in [0.1, 0.15) is 0 Å². The first-order chi connectivity index (χ1) is 12.7. The van der Waals surface area contributed by atoms with Crippen LogP contribution in [0.15, 0.2) is 72.8 Å². The zero-order valence-electron chi connectivity index (χ0n) is 15.0. The van der Waals surface area contributed by atoms with Crippen molar-refractivity contribution in [3.63, 3.8) is 0 Å². The summed E-state index contributed by atoms with van der Waals surface area (Å²) < 4.78 is 0. The largest absolute Gasteiger partial charge is 0.345 e. The third-order valence-electron chi connectivity index (χ3n) is 5.46. The van der Waals surface area contributed by atoms with Crippen LogP contribution in [0.3, 0.4) is 0 Å². The number of hydrogen-bond acceptors (Lipinski definition) is 2. The molecule has 4 rings (SSSR count). The van der Waals surface area contributed by atoms with Gasteiger partial charge >= 0.3 is 0 Å². The van der Waals surface area contributed by atoms with Crippen LogP contribution in [-0.2, 0) is 4.79 Å². The van der Waals surface area contributed by atoms with Gasteiger partial charge in [0, 0.05) is 5.92 Å². The van der Waals surface area contributed by atoms with Gasteiger partial charge in [-0.25, -0.2) is 0 Å². The average molecular weight is 344 g/mol. The van der Waals surface area contributed by atoms with Gasteiger partial charge in [-0.15, -0.1) is 0 Å². The lowest BCUT2D eigenvalue weighted by Crippen LogP contribution is -2.50. The summed E-state index contributed by atoms with van der Waals surface area (Å²) >= 11 is 0. The molecule has 1 amide bonds. The summed E-state index contributed by atoms with van der Waals surface area (Å²) in [5, 5.41) is 8.95. The van der Waals surface area contributed by atoms with Crippen molar-refractivity contribution < 1.29 is 4.79 Å². The molecule has 1 heterocycles. The van der Waals surface area contributed by atoms with E-state index in [0.29, 0.717) is 5.92 Å². The Morgan fingerprint density at radius 3 is 2.31 bits per heavy atom. The summed E-state index contributed by atoms with van der Waals surface area (Å²) in [5.41, 5.74) is 2.22. The van der Waals surface area contributed by atoms with E-state index in [1.165, 1.54) is 10.8 Å². The molecule has 1 fully saturated rings. The quantitative estimate of drug-likeness (QED) is 0.737. The number of amides is 1. The van der Waals surface area contributed by atoms with E-state index in [4.69, 9.17) is 0 Å². The van der Waals surface area contributed by atoms with Gasteiger partial charge in [0.05, 0.1) is 6.04 Å². The van der Waals surface area contributed by atoms with E-state index < -0.39 is 0 Å². The van der Waals surface area contributed by atoms with Gasteiger partial charge < -0.3 is 10.6 Å². The molecule has 0 aromatic heterocycles. The van der Waals surface area contributed by atoms with Crippen LogP contribution in [0.2, 0.25) is 0 Å². The van der Waals surface area contributed by atoms with Gasteiger partial charge in [-0.1, -0.05) is 73.7 Å². The number of carbonyl (C=O) groups is 1. The lowest BCUT2D eigenvalue weighted by atomic mass is 9.87. The van der Waals surface area contributed by atoms with E-state index in [1.807, 2.05) is 37.3 Å². The zero-order valence-corrected chi connectivity index (χ0v) is 15.0. The first kappa shape index (κ1) is 16.8. The molecule has 3 aromatic carbocycles. The molecule has 132 valence electrons. The van der Waals surface area contributed by atoms with Crippen LogP contribution in [-0.4, -0.2) is 19.0 Å². The highest BCUT2D eigenvalue weighted by Crippen LogP contribution is 2.27. The fraction of sp³-hybridized carbons (Fsp3) is 0.261. The van der Waals surface area contributed by atoms with Crippen LogP contribution < -0.4 is 10.6 Å². The molecule has 26 heavy (non-hydrogen) atoms. The van der Waals surface area contributed by atoms with Crippen LogP contribution in [0, 0.1) is 11.8 Å². The Balaban J connectivity index is 1.66. The third-order valence-corrected chi connectivity index (χ3v) is 5.46. The lowest BCUT2D eigenvalue weighted by Gasteiger charge is -2.33. The Labute approximate surface area is 154 Å². The first-order valence-corrected chi connectivity index (χ1v) is 9.27. The second kappa shape index (κ2) is 7.30. The van der Waals surface area contributed by atoms with Crippen molar-refractivity contribution in [2.24, 2.45) is 11.8 Å². The zero-order chi connectivity index (χ0) is 17.9. The molecular weight excluding hydrogens is 320 g/mol. The molecule has 0 bridgehead atoms. The maximum absolute atomic E-state index is 12.9. The monoisotopic (exact) mass is 344 g/mol. The van der Waals surface area contributed by atoms with Gasteiger partial charge in [-0.05, 0) is 47.0 Å². The predicted octanol–water partition coefficient (Wildman–Crippen LogP) is 3.90. The number of carbonyl (C=O) groups excluding carboxylic acids is 1. The minimum Gasteiger partial charge on any atom is -0.345 e. The number of benzene rings is 3. The van der Waals surface area contributed by atoms with E-state index in [1.54, 1.807) is 0 Å². The van der Waals surface area contributed by atoms with E-state index in [0.717, 1.165) is 24.2 Å². The molecule has 0 aliphatic carbocycles. The highest BCUT2D eigenvalue weighted by Gasteiger charge is 2.30. The van der Waals surface area contributed by atoms with E-state index in [2.05, 4.69) is 53.1 Å². The number of nitrogens with one attached hydrogen (secondary N) is 2. The van der Waals surface area contributed by atoms with Crippen molar-refractivity contribution in [2.75, 3.05) is 13.1 Å². The molecule has 1 saturated heterocycles. The Morgan fingerprint density at radius 2 is 1.62 bits per heavy atom. The second-order valence-electron chi connectivity index (χ2n) is 7.17.